The molecule has 3 rings (SSSR count). The van der Waals surface area contributed by atoms with Gasteiger partial charge in [-0.25, -0.2) is 0 Å². The van der Waals surface area contributed by atoms with Crippen LogP contribution < -0.4 is 5.73 Å². The average molecular weight is 395 g/mol. The minimum absolute atomic E-state index is 0.232. The van der Waals surface area contributed by atoms with Crippen molar-refractivity contribution in [2.75, 3.05) is 0 Å². The quantitative estimate of drug-likeness (QED) is 0.679. The summed E-state index contributed by atoms with van der Waals surface area (Å²) in [5.74, 6) is -0.575. The van der Waals surface area contributed by atoms with Crippen molar-refractivity contribution in [3.63, 3.8) is 0 Å². The van der Waals surface area contributed by atoms with Gasteiger partial charge in [-0.3, -0.25) is 9.48 Å². The van der Waals surface area contributed by atoms with E-state index in [-0.39, 0.29) is 5.69 Å². The SMILES string of the molecule is Cc1c(C(N)=O)nn(Cc2ccc(Cl)cc2Cl)c1-c1ccc(Cl)cc1. The number of rotatable bonds is 4. The van der Waals surface area contributed by atoms with Crippen LogP contribution in [0.15, 0.2) is 42.5 Å². The third-order valence-electron chi connectivity index (χ3n) is 3.88. The normalized spacial score (nSPS) is 10.9. The van der Waals surface area contributed by atoms with Gasteiger partial charge in [0.05, 0.1) is 12.2 Å². The Kier molecular flexibility index (Phi) is 5.04. The van der Waals surface area contributed by atoms with Crippen LogP contribution in [-0.4, -0.2) is 15.7 Å². The van der Waals surface area contributed by atoms with E-state index in [1.165, 1.54) is 0 Å². The fourth-order valence-corrected chi connectivity index (χ4v) is 3.28. The molecule has 0 aliphatic rings. The molecule has 7 heteroatoms. The van der Waals surface area contributed by atoms with Crippen molar-refractivity contribution >= 4 is 40.7 Å². The van der Waals surface area contributed by atoms with E-state index in [2.05, 4.69) is 5.10 Å². The van der Waals surface area contributed by atoms with Gasteiger partial charge in [-0.1, -0.05) is 53.0 Å². The number of amides is 1. The Balaban J connectivity index is 2.13. The van der Waals surface area contributed by atoms with Crippen molar-refractivity contribution in [2.45, 2.75) is 13.5 Å². The minimum atomic E-state index is -0.575. The van der Waals surface area contributed by atoms with Crippen molar-refractivity contribution in [1.82, 2.24) is 9.78 Å². The predicted octanol–water partition coefficient (Wildman–Crippen LogP) is 4.97. The summed E-state index contributed by atoms with van der Waals surface area (Å²) in [5, 5.41) is 6.10. The van der Waals surface area contributed by atoms with Gasteiger partial charge < -0.3 is 5.73 Å². The highest BCUT2D eigenvalue weighted by Crippen LogP contribution is 2.29. The van der Waals surface area contributed by atoms with Crippen LogP contribution in [-0.2, 0) is 6.54 Å². The van der Waals surface area contributed by atoms with E-state index in [1.54, 1.807) is 28.9 Å². The molecule has 0 radical (unpaired) electrons. The third kappa shape index (κ3) is 3.66. The van der Waals surface area contributed by atoms with E-state index < -0.39 is 5.91 Å². The van der Waals surface area contributed by atoms with Crippen molar-refractivity contribution in [3.8, 4) is 11.3 Å². The number of aromatic nitrogens is 2. The number of carbonyl (C=O) groups excluding carboxylic acids is 1. The molecule has 0 atom stereocenters. The van der Waals surface area contributed by atoms with Crippen molar-refractivity contribution in [1.29, 1.82) is 0 Å². The second-order valence-electron chi connectivity index (χ2n) is 5.59. The van der Waals surface area contributed by atoms with Gasteiger partial charge in [0.25, 0.3) is 5.91 Å². The number of hydrogen-bond donors (Lipinski definition) is 1. The van der Waals surface area contributed by atoms with Crippen LogP contribution in [0.2, 0.25) is 15.1 Å². The first kappa shape index (κ1) is 17.8. The second-order valence-corrected chi connectivity index (χ2v) is 6.87. The van der Waals surface area contributed by atoms with Gasteiger partial charge in [0.15, 0.2) is 5.69 Å². The van der Waals surface area contributed by atoms with Gasteiger partial charge in [0, 0.05) is 26.2 Å². The van der Waals surface area contributed by atoms with Crippen molar-refractivity contribution < 1.29 is 4.79 Å². The van der Waals surface area contributed by atoms with E-state index in [0.29, 0.717) is 27.2 Å². The number of nitrogens with zero attached hydrogens (tertiary/aromatic N) is 2. The summed E-state index contributed by atoms with van der Waals surface area (Å²) in [7, 11) is 0. The minimum Gasteiger partial charge on any atom is -0.364 e. The van der Waals surface area contributed by atoms with E-state index in [1.807, 2.05) is 25.1 Å². The molecule has 4 nitrogen and oxygen atoms in total. The summed E-state index contributed by atoms with van der Waals surface area (Å²) in [6.45, 7) is 2.19. The average Bonchev–Trinajstić information content (AvgIpc) is 2.88. The summed E-state index contributed by atoms with van der Waals surface area (Å²) in [6, 6.07) is 12.6. The number of hydrogen-bond acceptors (Lipinski definition) is 2. The number of halogens is 3. The summed E-state index contributed by atoms with van der Waals surface area (Å²) in [4.78, 5) is 11.7. The molecule has 1 amide bonds. The van der Waals surface area contributed by atoms with Gasteiger partial charge in [-0.15, -0.1) is 0 Å². The maximum atomic E-state index is 11.7. The zero-order valence-corrected chi connectivity index (χ0v) is 15.5. The Morgan fingerprint density at radius 2 is 1.72 bits per heavy atom. The molecule has 0 saturated heterocycles. The first-order valence-corrected chi connectivity index (χ1v) is 8.57. The lowest BCUT2D eigenvalue weighted by Crippen LogP contribution is -2.13. The first-order chi connectivity index (χ1) is 11.9. The molecule has 0 unspecified atom stereocenters. The highest BCUT2D eigenvalue weighted by molar-refractivity contribution is 6.35. The van der Waals surface area contributed by atoms with Gasteiger partial charge in [-0.2, -0.15) is 5.10 Å². The molecule has 0 spiro atoms. The predicted molar refractivity (Wildman–Crippen MR) is 101 cm³/mol. The van der Waals surface area contributed by atoms with Gasteiger partial charge in [-0.05, 0) is 36.8 Å². The Hall–Kier alpha value is -2.01. The van der Waals surface area contributed by atoms with Crippen LogP contribution in [0.1, 0.15) is 21.6 Å². The van der Waals surface area contributed by atoms with Crippen LogP contribution in [0.3, 0.4) is 0 Å². The highest BCUT2D eigenvalue weighted by Gasteiger charge is 2.20. The van der Waals surface area contributed by atoms with Crippen LogP contribution in [0.5, 0.6) is 0 Å². The molecule has 0 saturated carbocycles. The molecule has 0 bridgehead atoms. The molecule has 1 aromatic heterocycles. The summed E-state index contributed by atoms with van der Waals surface area (Å²) in [6.07, 6.45) is 0. The molecule has 2 aromatic carbocycles. The number of nitrogens with two attached hydrogens (primary N) is 1. The molecule has 1 heterocycles. The summed E-state index contributed by atoms with van der Waals surface area (Å²) >= 11 is 18.2. The van der Waals surface area contributed by atoms with Crippen LogP contribution >= 0.6 is 34.8 Å². The molecule has 0 fully saturated rings. The maximum absolute atomic E-state index is 11.7. The molecule has 0 aliphatic carbocycles. The lowest BCUT2D eigenvalue weighted by atomic mass is 10.1. The van der Waals surface area contributed by atoms with Gasteiger partial charge in [0.2, 0.25) is 0 Å². The topological polar surface area (TPSA) is 60.9 Å². The lowest BCUT2D eigenvalue weighted by molar-refractivity contribution is 0.0994. The lowest BCUT2D eigenvalue weighted by Gasteiger charge is -2.10. The van der Waals surface area contributed by atoms with Gasteiger partial charge in [0.1, 0.15) is 0 Å². The zero-order valence-electron chi connectivity index (χ0n) is 13.3. The fraction of sp³-hybridized carbons (Fsp3) is 0.111. The Morgan fingerprint density at radius 3 is 2.32 bits per heavy atom. The molecule has 0 aliphatic heterocycles. The Bertz CT molecular complexity index is 949. The second kappa shape index (κ2) is 7.08. The molecule has 25 heavy (non-hydrogen) atoms. The first-order valence-electron chi connectivity index (χ1n) is 7.44. The van der Waals surface area contributed by atoms with Crippen LogP contribution in [0.4, 0.5) is 0 Å². The zero-order chi connectivity index (χ0) is 18.1. The standard InChI is InChI=1S/C18H14Cl3N3O/c1-10-16(18(22)25)23-24(9-12-4-7-14(20)8-15(12)21)17(10)11-2-5-13(19)6-3-11/h2-8H,9H2,1H3,(H2,22,25). The molecule has 128 valence electrons. The largest absolute Gasteiger partial charge is 0.364 e. The fourth-order valence-electron chi connectivity index (χ4n) is 2.68. The van der Waals surface area contributed by atoms with E-state index in [9.17, 15) is 4.79 Å². The maximum Gasteiger partial charge on any atom is 0.269 e. The van der Waals surface area contributed by atoms with Crippen molar-refractivity contribution in [3.05, 3.63) is 74.4 Å². The Morgan fingerprint density at radius 1 is 1.08 bits per heavy atom. The number of carbonyl (C=O) groups is 1. The van der Waals surface area contributed by atoms with Gasteiger partial charge >= 0.3 is 0 Å². The molecule has 3 aromatic rings. The number of benzene rings is 2. The van der Waals surface area contributed by atoms with E-state index >= 15 is 0 Å². The van der Waals surface area contributed by atoms with Crippen LogP contribution in [0.25, 0.3) is 11.3 Å². The molecule has 2 N–H and O–H groups in total. The third-order valence-corrected chi connectivity index (χ3v) is 4.71. The monoisotopic (exact) mass is 393 g/mol. The summed E-state index contributed by atoms with van der Waals surface area (Å²) in [5.41, 5.74) is 8.91. The van der Waals surface area contributed by atoms with Crippen LogP contribution in [0, 0.1) is 6.92 Å². The number of primary amides is 1. The summed E-state index contributed by atoms with van der Waals surface area (Å²) < 4.78 is 1.72. The van der Waals surface area contributed by atoms with E-state index in [0.717, 1.165) is 16.8 Å². The van der Waals surface area contributed by atoms with E-state index in [4.69, 9.17) is 40.5 Å². The molecular weight excluding hydrogens is 381 g/mol. The smallest absolute Gasteiger partial charge is 0.269 e. The highest BCUT2D eigenvalue weighted by atomic mass is 35.5. The molecular formula is C18H14Cl3N3O. The van der Waals surface area contributed by atoms with Crippen molar-refractivity contribution in [2.24, 2.45) is 5.73 Å². The Labute approximate surface area is 160 Å².